The molecule has 308 valence electrons. The number of aromatic amines is 2. The molecule has 60 heavy (non-hydrogen) atoms. The lowest BCUT2D eigenvalue weighted by Gasteiger charge is -2.11. The lowest BCUT2D eigenvalue weighted by molar-refractivity contribution is -0.115. The SMILES string of the molecule is COc1ccccc1NC(=O)Nc1ccc(-c2c[nH]c(NC(C)=O)c2C(N)=O)cc1.COc1ccccc1NC(=O)Nc1ccc(-c2c[nH]c(NC(C)=O)c2C(N)=O)cc1. The number of anilines is 6. The molecule has 0 bridgehead atoms. The van der Waals surface area contributed by atoms with E-state index >= 15 is 0 Å². The maximum Gasteiger partial charge on any atom is 0.323 e. The van der Waals surface area contributed by atoms with Gasteiger partial charge in [-0.2, -0.15) is 0 Å². The van der Waals surface area contributed by atoms with E-state index in [4.69, 9.17) is 20.9 Å². The average molecular weight is 815 g/mol. The molecule has 0 atom stereocenters. The van der Waals surface area contributed by atoms with Crippen LogP contribution in [0.1, 0.15) is 34.6 Å². The molecule has 18 nitrogen and oxygen atoms in total. The van der Waals surface area contributed by atoms with E-state index in [9.17, 15) is 28.8 Å². The molecule has 0 fully saturated rings. The fraction of sp³-hybridized carbons (Fsp3) is 0.0952. The summed E-state index contributed by atoms with van der Waals surface area (Å²) >= 11 is 0. The second kappa shape index (κ2) is 19.6. The first-order valence-corrected chi connectivity index (χ1v) is 18.0. The number of hydrogen-bond acceptors (Lipinski definition) is 8. The van der Waals surface area contributed by atoms with Crippen molar-refractivity contribution in [3.8, 4) is 33.8 Å². The summed E-state index contributed by atoms with van der Waals surface area (Å²) in [6.07, 6.45) is 3.17. The Morgan fingerprint density at radius 3 is 1.15 bits per heavy atom. The molecule has 0 saturated heterocycles. The smallest absolute Gasteiger partial charge is 0.323 e. The zero-order valence-electron chi connectivity index (χ0n) is 32.8. The third-order valence-corrected chi connectivity index (χ3v) is 8.47. The number of rotatable bonds is 12. The Hall–Kier alpha value is -8.54. The number of primary amides is 2. The number of benzene rings is 4. The Morgan fingerprint density at radius 2 is 0.833 bits per heavy atom. The highest BCUT2D eigenvalue weighted by atomic mass is 16.5. The Bertz CT molecular complexity index is 2350. The Morgan fingerprint density at radius 1 is 0.483 bits per heavy atom. The van der Waals surface area contributed by atoms with Crippen LogP contribution in [0.4, 0.5) is 44.0 Å². The van der Waals surface area contributed by atoms with E-state index in [1.54, 1.807) is 109 Å². The standard InChI is InChI=1S/2C21H21N5O4/c2*1-12(27)24-20-18(19(22)28)15(11-23-20)13-7-9-14(10-8-13)25-21(29)26-16-5-3-4-6-17(16)30-2/h2*3-11,23H,1-2H3,(H2,22,28)(H,24,27)(H2,25,26,29). The van der Waals surface area contributed by atoms with Gasteiger partial charge in [-0.15, -0.1) is 0 Å². The highest BCUT2D eigenvalue weighted by molar-refractivity contribution is 6.09. The summed E-state index contributed by atoms with van der Waals surface area (Å²) in [4.78, 5) is 76.6. The lowest BCUT2D eigenvalue weighted by atomic mass is 10.0. The van der Waals surface area contributed by atoms with E-state index in [1.807, 2.05) is 0 Å². The summed E-state index contributed by atoms with van der Waals surface area (Å²) in [5.41, 5.74) is 15.9. The minimum atomic E-state index is -0.673. The third-order valence-electron chi connectivity index (χ3n) is 8.47. The Labute approximate surface area is 343 Å². The maximum absolute atomic E-state index is 12.3. The van der Waals surface area contributed by atoms with Crippen molar-refractivity contribution in [3.63, 3.8) is 0 Å². The van der Waals surface area contributed by atoms with Crippen LogP contribution in [0.15, 0.2) is 109 Å². The first-order valence-electron chi connectivity index (χ1n) is 18.0. The van der Waals surface area contributed by atoms with Gasteiger partial charge in [-0.05, 0) is 59.7 Å². The molecule has 18 heteroatoms. The van der Waals surface area contributed by atoms with Gasteiger partial charge in [0.25, 0.3) is 11.8 Å². The van der Waals surface area contributed by atoms with Crippen molar-refractivity contribution in [1.82, 2.24) is 9.97 Å². The third kappa shape index (κ3) is 10.9. The van der Waals surface area contributed by atoms with E-state index in [0.29, 0.717) is 56.5 Å². The lowest BCUT2D eigenvalue weighted by Crippen LogP contribution is -2.19. The summed E-state index contributed by atoms with van der Waals surface area (Å²) in [6.45, 7) is 2.67. The molecule has 2 heterocycles. The van der Waals surface area contributed by atoms with Crippen LogP contribution in [-0.4, -0.2) is 59.9 Å². The predicted octanol–water partition coefficient (Wildman–Crippen LogP) is 6.78. The summed E-state index contributed by atoms with van der Waals surface area (Å²) in [6, 6.07) is 26.9. The first-order chi connectivity index (χ1) is 28.8. The van der Waals surface area contributed by atoms with Crippen molar-refractivity contribution >= 4 is 70.1 Å². The molecule has 8 amide bonds. The zero-order valence-corrected chi connectivity index (χ0v) is 32.8. The van der Waals surface area contributed by atoms with E-state index in [2.05, 4.69) is 41.9 Å². The minimum Gasteiger partial charge on any atom is -0.495 e. The van der Waals surface area contributed by atoms with Crippen molar-refractivity contribution in [3.05, 3.63) is 121 Å². The number of nitrogens with one attached hydrogen (secondary N) is 8. The predicted molar refractivity (Wildman–Crippen MR) is 229 cm³/mol. The molecule has 4 aromatic carbocycles. The average Bonchev–Trinajstić information content (AvgIpc) is 3.83. The first kappa shape index (κ1) is 42.6. The zero-order chi connectivity index (χ0) is 43.3. The highest BCUT2D eigenvalue weighted by Crippen LogP contribution is 2.32. The van der Waals surface area contributed by atoms with Crippen LogP contribution in [-0.2, 0) is 9.59 Å². The van der Waals surface area contributed by atoms with Crippen molar-refractivity contribution in [2.24, 2.45) is 11.5 Å². The number of hydrogen-bond donors (Lipinski definition) is 10. The molecule has 6 aromatic rings. The van der Waals surface area contributed by atoms with Gasteiger partial charge in [0.05, 0.1) is 36.7 Å². The molecule has 0 aliphatic rings. The molecule has 12 N–H and O–H groups in total. The van der Waals surface area contributed by atoms with Crippen molar-refractivity contribution in [1.29, 1.82) is 0 Å². The van der Waals surface area contributed by atoms with E-state index < -0.39 is 23.9 Å². The van der Waals surface area contributed by atoms with Crippen LogP contribution in [0.2, 0.25) is 0 Å². The van der Waals surface area contributed by atoms with Crippen LogP contribution < -0.4 is 52.8 Å². The largest absolute Gasteiger partial charge is 0.495 e. The quantitative estimate of drug-likeness (QED) is 0.0627. The number of ether oxygens (including phenoxy) is 2. The molecular weight excluding hydrogens is 773 g/mol. The van der Waals surface area contributed by atoms with E-state index in [1.165, 1.54) is 28.1 Å². The number of para-hydroxylation sites is 4. The van der Waals surface area contributed by atoms with Gasteiger partial charge in [0.2, 0.25) is 11.8 Å². The van der Waals surface area contributed by atoms with Crippen molar-refractivity contribution in [2.75, 3.05) is 46.1 Å². The summed E-state index contributed by atoms with van der Waals surface area (Å²) < 4.78 is 10.4. The van der Waals surface area contributed by atoms with Crippen LogP contribution in [0.3, 0.4) is 0 Å². The minimum absolute atomic E-state index is 0.180. The number of nitrogens with two attached hydrogens (primary N) is 2. The van der Waals surface area contributed by atoms with Gasteiger partial charge in [0.1, 0.15) is 23.1 Å². The number of urea groups is 2. The van der Waals surface area contributed by atoms with Crippen LogP contribution in [0, 0.1) is 0 Å². The molecule has 0 radical (unpaired) electrons. The van der Waals surface area contributed by atoms with Gasteiger partial charge in [-0.25, -0.2) is 9.59 Å². The normalized spacial score (nSPS) is 10.2. The van der Waals surface area contributed by atoms with Crippen molar-refractivity contribution in [2.45, 2.75) is 13.8 Å². The van der Waals surface area contributed by atoms with Crippen LogP contribution in [0.25, 0.3) is 22.3 Å². The van der Waals surface area contributed by atoms with Crippen molar-refractivity contribution < 1.29 is 38.2 Å². The van der Waals surface area contributed by atoms with Gasteiger partial charge in [-0.3, -0.25) is 19.2 Å². The topological polar surface area (TPSA) is 277 Å². The summed E-state index contributed by atoms with van der Waals surface area (Å²) in [5, 5.41) is 16.0. The maximum atomic E-state index is 12.3. The second-order valence-corrected chi connectivity index (χ2v) is 12.7. The number of carbonyl (C=O) groups excluding carboxylic acids is 6. The molecule has 2 aromatic heterocycles. The molecular formula is C42H42N10O8. The van der Waals surface area contributed by atoms with Crippen LogP contribution in [0.5, 0.6) is 11.5 Å². The van der Waals surface area contributed by atoms with Gasteiger partial charge in [0, 0.05) is 48.7 Å². The highest BCUT2D eigenvalue weighted by Gasteiger charge is 2.20. The summed E-state index contributed by atoms with van der Waals surface area (Å²) in [5.74, 6) is -0.430. The van der Waals surface area contributed by atoms with E-state index in [-0.39, 0.29) is 34.6 Å². The number of aromatic nitrogens is 2. The van der Waals surface area contributed by atoms with E-state index in [0.717, 1.165) is 0 Å². The van der Waals surface area contributed by atoms with Gasteiger partial charge in [0.15, 0.2) is 0 Å². The monoisotopic (exact) mass is 814 g/mol. The molecule has 0 saturated carbocycles. The molecule has 0 spiro atoms. The number of amides is 8. The number of H-pyrrole nitrogens is 2. The summed E-state index contributed by atoms with van der Waals surface area (Å²) in [7, 11) is 3.05. The Kier molecular flexibility index (Phi) is 13.9. The molecule has 0 unspecified atom stereocenters. The van der Waals surface area contributed by atoms with Gasteiger partial charge in [-0.1, -0.05) is 48.5 Å². The van der Waals surface area contributed by atoms with Gasteiger partial charge < -0.3 is 62.8 Å². The number of methoxy groups -OCH3 is 2. The fourth-order valence-electron chi connectivity index (χ4n) is 5.89. The Balaban J connectivity index is 0.000000228. The molecule has 0 aliphatic heterocycles. The number of carbonyl (C=O) groups is 6. The fourth-order valence-corrected chi connectivity index (χ4v) is 5.89. The molecule has 6 rings (SSSR count). The molecule has 0 aliphatic carbocycles. The second-order valence-electron chi connectivity index (χ2n) is 12.7. The van der Waals surface area contributed by atoms with Crippen LogP contribution >= 0.6 is 0 Å². The van der Waals surface area contributed by atoms with Gasteiger partial charge >= 0.3 is 12.1 Å².